The van der Waals surface area contributed by atoms with Crippen LogP contribution in [0.1, 0.15) is 63.9 Å². The first-order valence-corrected chi connectivity index (χ1v) is 8.55. The molecule has 0 saturated carbocycles. The van der Waals surface area contributed by atoms with Crippen molar-refractivity contribution in [1.82, 2.24) is 0 Å². The molecule has 0 atom stereocenters. The molecular formula is C18H27F4NO2. The third kappa shape index (κ3) is 11.4. The van der Waals surface area contributed by atoms with Crippen LogP contribution in [0.2, 0.25) is 0 Å². The van der Waals surface area contributed by atoms with Crippen molar-refractivity contribution in [3.8, 4) is 0 Å². The normalized spacial score (nSPS) is 10.8. The minimum absolute atomic E-state index is 0.250. The standard InChI is InChI=1S/C17H25F4N.CH2O2/c1-2-3-4-5-6-7-8-9-12-22-14-10-11-16(18)15(13-14)17(19,20)21;2-1-3/h10-11,13,22H,2-9,12H2,1H3;1H,(H,2,3). The lowest BCUT2D eigenvalue weighted by Gasteiger charge is -2.11. The van der Waals surface area contributed by atoms with Crippen molar-refractivity contribution in [1.29, 1.82) is 0 Å². The van der Waals surface area contributed by atoms with Gasteiger partial charge in [-0.05, 0) is 24.6 Å². The molecule has 0 unspecified atom stereocenters. The van der Waals surface area contributed by atoms with Gasteiger partial charge in [0.25, 0.3) is 6.47 Å². The highest BCUT2D eigenvalue weighted by Gasteiger charge is 2.34. The van der Waals surface area contributed by atoms with Gasteiger partial charge in [0.05, 0.1) is 5.56 Å². The van der Waals surface area contributed by atoms with Gasteiger partial charge < -0.3 is 10.4 Å². The van der Waals surface area contributed by atoms with Gasteiger partial charge in [-0.3, -0.25) is 4.79 Å². The van der Waals surface area contributed by atoms with Gasteiger partial charge in [0.2, 0.25) is 0 Å². The van der Waals surface area contributed by atoms with Gasteiger partial charge in [0.15, 0.2) is 0 Å². The van der Waals surface area contributed by atoms with Crippen molar-refractivity contribution in [2.75, 3.05) is 11.9 Å². The largest absolute Gasteiger partial charge is 0.483 e. The van der Waals surface area contributed by atoms with Gasteiger partial charge in [0, 0.05) is 12.2 Å². The predicted molar refractivity (Wildman–Crippen MR) is 91.2 cm³/mol. The van der Waals surface area contributed by atoms with E-state index in [2.05, 4.69) is 12.2 Å². The smallest absolute Gasteiger partial charge is 0.419 e. The fraction of sp³-hybridized carbons (Fsp3) is 0.611. The van der Waals surface area contributed by atoms with Crippen molar-refractivity contribution in [3.05, 3.63) is 29.6 Å². The van der Waals surface area contributed by atoms with Crippen LogP contribution in [0.25, 0.3) is 0 Å². The number of hydrogen-bond acceptors (Lipinski definition) is 2. The molecule has 0 fully saturated rings. The molecule has 0 bridgehead atoms. The second-order valence-corrected chi connectivity index (χ2v) is 5.70. The zero-order chi connectivity index (χ0) is 19.1. The Balaban J connectivity index is 0.00000178. The molecule has 1 aromatic carbocycles. The summed E-state index contributed by atoms with van der Waals surface area (Å²) in [5, 5.41) is 9.82. The van der Waals surface area contributed by atoms with Crippen LogP contribution in [0.15, 0.2) is 18.2 Å². The summed E-state index contributed by atoms with van der Waals surface area (Å²) in [6.45, 7) is 2.54. The van der Waals surface area contributed by atoms with E-state index in [9.17, 15) is 17.6 Å². The second-order valence-electron chi connectivity index (χ2n) is 5.70. The maximum Gasteiger partial charge on any atom is 0.419 e. The molecule has 3 nitrogen and oxygen atoms in total. The average molecular weight is 365 g/mol. The molecule has 144 valence electrons. The molecule has 0 aliphatic carbocycles. The van der Waals surface area contributed by atoms with Crippen LogP contribution >= 0.6 is 0 Å². The minimum Gasteiger partial charge on any atom is -0.483 e. The fourth-order valence-corrected chi connectivity index (χ4v) is 2.34. The van der Waals surface area contributed by atoms with Crippen molar-refractivity contribution in [2.24, 2.45) is 0 Å². The molecule has 0 amide bonds. The maximum absolute atomic E-state index is 13.1. The summed E-state index contributed by atoms with van der Waals surface area (Å²) in [6, 6.07) is 3.04. The van der Waals surface area contributed by atoms with Crippen molar-refractivity contribution < 1.29 is 27.5 Å². The number of carboxylic acid groups (broad SMARTS) is 1. The van der Waals surface area contributed by atoms with E-state index in [1.54, 1.807) is 0 Å². The van der Waals surface area contributed by atoms with Crippen LogP contribution < -0.4 is 5.32 Å². The number of halogens is 4. The molecule has 25 heavy (non-hydrogen) atoms. The third-order valence-corrected chi connectivity index (χ3v) is 3.63. The fourth-order valence-electron chi connectivity index (χ4n) is 2.34. The topological polar surface area (TPSA) is 49.3 Å². The Morgan fingerprint density at radius 3 is 2.08 bits per heavy atom. The predicted octanol–water partition coefficient (Wildman–Crippen LogP) is 6.10. The van der Waals surface area contributed by atoms with E-state index in [-0.39, 0.29) is 6.47 Å². The van der Waals surface area contributed by atoms with E-state index < -0.39 is 17.6 Å². The average Bonchev–Trinajstić information content (AvgIpc) is 2.54. The summed E-state index contributed by atoms with van der Waals surface area (Å²) >= 11 is 0. The Hall–Kier alpha value is -1.79. The Labute approximate surface area is 146 Å². The van der Waals surface area contributed by atoms with E-state index in [4.69, 9.17) is 9.90 Å². The molecule has 0 aromatic heterocycles. The van der Waals surface area contributed by atoms with E-state index in [0.29, 0.717) is 12.2 Å². The SMILES string of the molecule is CCCCCCCCCCNc1ccc(F)c(C(F)(F)F)c1.O=CO. The van der Waals surface area contributed by atoms with E-state index in [0.717, 1.165) is 31.4 Å². The second kappa shape index (κ2) is 13.5. The number of hydrogen-bond donors (Lipinski definition) is 2. The Kier molecular flexibility index (Phi) is 12.5. The Morgan fingerprint density at radius 2 is 1.56 bits per heavy atom. The Morgan fingerprint density at radius 1 is 1.04 bits per heavy atom. The number of alkyl halides is 3. The molecule has 0 saturated heterocycles. The van der Waals surface area contributed by atoms with Crippen LogP contribution in [-0.2, 0) is 11.0 Å². The highest BCUT2D eigenvalue weighted by Crippen LogP contribution is 2.32. The summed E-state index contributed by atoms with van der Waals surface area (Å²) in [5.74, 6) is -1.23. The first-order chi connectivity index (χ1) is 11.9. The molecule has 0 aliphatic heterocycles. The van der Waals surface area contributed by atoms with E-state index in [1.165, 1.54) is 38.2 Å². The highest BCUT2D eigenvalue weighted by atomic mass is 19.4. The van der Waals surface area contributed by atoms with Gasteiger partial charge in [0.1, 0.15) is 5.82 Å². The third-order valence-electron chi connectivity index (χ3n) is 3.63. The lowest BCUT2D eigenvalue weighted by molar-refractivity contribution is -0.140. The van der Waals surface area contributed by atoms with Crippen molar-refractivity contribution >= 4 is 12.2 Å². The molecule has 0 spiro atoms. The molecular weight excluding hydrogens is 338 g/mol. The van der Waals surface area contributed by atoms with Gasteiger partial charge in [-0.15, -0.1) is 0 Å². The van der Waals surface area contributed by atoms with E-state index in [1.807, 2.05) is 0 Å². The summed E-state index contributed by atoms with van der Waals surface area (Å²) in [5.41, 5.74) is -0.898. The Bertz CT molecular complexity index is 479. The lowest BCUT2D eigenvalue weighted by atomic mass is 10.1. The monoisotopic (exact) mass is 365 g/mol. The molecule has 1 aromatic rings. The number of rotatable bonds is 10. The number of unbranched alkanes of at least 4 members (excludes halogenated alkanes) is 7. The molecule has 1 rings (SSSR count). The number of benzene rings is 1. The van der Waals surface area contributed by atoms with Gasteiger partial charge in [-0.25, -0.2) is 4.39 Å². The van der Waals surface area contributed by atoms with Crippen molar-refractivity contribution in [2.45, 2.75) is 64.5 Å². The zero-order valence-corrected chi connectivity index (χ0v) is 14.5. The molecule has 7 heteroatoms. The van der Waals surface area contributed by atoms with Crippen LogP contribution in [-0.4, -0.2) is 18.1 Å². The van der Waals surface area contributed by atoms with Crippen molar-refractivity contribution in [3.63, 3.8) is 0 Å². The highest BCUT2D eigenvalue weighted by molar-refractivity contribution is 5.47. The lowest BCUT2D eigenvalue weighted by Crippen LogP contribution is -2.10. The van der Waals surface area contributed by atoms with Gasteiger partial charge in [-0.1, -0.05) is 51.9 Å². The van der Waals surface area contributed by atoms with Crippen LogP contribution in [0.5, 0.6) is 0 Å². The van der Waals surface area contributed by atoms with Crippen LogP contribution in [0, 0.1) is 5.82 Å². The molecule has 0 aliphatic rings. The number of carbonyl (C=O) groups is 1. The first kappa shape index (κ1) is 23.2. The van der Waals surface area contributed by atoms with Gasteiger partial charge in [-0.2, -0.15) is 13.2 Å². The van der Waals surface area contributed by atoms with Gasteiger partial charge >= 0.3 is 6.18 Å². The quantitative estimate of drug-likeness (QED) is 0.299. The summed E-state index contributed by atoms with van der Waals surface area (Å²) in [7, 11) is 0. The summed E-state index contributed by atoms with van der Waals surface area (Å²) in [4.78, 5) is 8.36. The molecule has 2 N–H and O–H groups in total. The van der Waals surface area contributed by atoms with Crippen LogP contribution in [0.4, 0.5) is 23.2 Å². The number of nitrogens with one attached hydrogen (secondary N) is 1. The minimum atomic E-state index is -4.65. The van der Waals surface area contributed by atoms with Crippen LogP contribution in [0.3, 0.4) is 0 Å². The first-order valence-electron chi connectivity index (χ1n) is 8.55. The molecule has 0 heterocycles. The molecule has 0 radical (unpaired) electrons. The summed E-state index contributed by atoms with van der Waals surface area (Å²) in [6.07, 6.45) is 4.75. The number of anilines is 1. The maximum atomic E-state index is 13.1. The zero-order valence-electron chi connectivity index (χ0n) is 14.5. The summed E-state index contributed by atoms with van der Waals surface area (Å²) < 4.78 is 50.9. The van der Waals surface area contributed by atoms with E-state index >= 15 is 0 Å².